The van der Waals surface area contributed by atoms with E-state index >= 15 is 0 Å². The lowest BCUT2D eigenvalue weighted by atomic mass is 9.98. The van der Waals surface area contributed by atoms with Crippen LogP contribution in [-0.4, -0.2) is 39.2 Å². The van der Waals surface area contributed by atoms with Gasteiger partial charge in [0.1, 0.15) is 11.9 Å². The third kappa shape index (κ3) is 3.00. The fraction of sp³-hybridized carbons (Fsp3) is 0.643. The molecular weight excluding hydrogens is 258 g/mol. The summed E-state index contributed by atoms with van der Waals surface area (Å²) in [4.78, 5) is 24.9. The van der Waals surface area contributed by atoms with Crippen LogP contribution in [0.15, 0.2) is 6.20 Å². The van der Waals surface area contributed by atoms with Crippen LogP contribution in [0, 0.1) is 0 Å². The summed E-state index contributed by atoms with van der Waals surface area (Å²) in [6.07, 6.45) is 2.35. The summed E-state index contributed by atoms with van der Waals surface area (Å²) in [7, 11) is 0. The monoisotopic (exact) mass is 279 g/mol. The molecule has 1 aliphatic heterocycles. The number of aromatic nitrogens is 2. The minimum Gasteiger partial charge on any atom is -0.444 e. The Hall–Kier alpha value is -1.85. The van der Waals surface area contributed by atoms with Gasteiger partial charge in [-0.3, -0.25) is 4.68 Å². The summed E-state index contributed by atoms with van der Waals surface area (Å²) in [6.45, 7) is 8.97. The summed E-state index contributed by atoms with van der Waals surface area (Å²) in [5, 5.41) is 4.40. The number of amides is 1. The fourth-order valence-corrected chi connectivity index (χ4v) is 2.24. The van der Waals surface area contributed by atoms with Crippen molar-refractivity contribution >= 4 is 12.4 Å². The van der Waals surface area contributed by atoms with E-state index in [1.807, 2.05) is 33.9 Å². The van der Waals surface area contributed by atoms with Crippen molar-refractivity contribution in [3.63, 3.8) is 0 Å². The van der Waals surface area contributed by atoms with Crippen molar-refractivity contribution in [2.75, 3.05) is 6.54 Å². The minimum absolute atomic E-state index is 0.326. The molecule has 2 rings (SSSR count). The first-order valence-electron chi connectivity index (χ1n) is 6.83. The molecule has 20 heavy (non-hydrogen) atoms. The van der Waals surface area contributed by atoms with Gasteiger partial charge in [0.2, 0.25) is 0 Å². The van der Waals surface area contributed by atoms with Crippen molar-refractivity contribution in [1.29, 1.82) is 0 Å². The third-order valence-electron chi connectivity index (χ3n) is 3.14. The van der Waals surface area contributed by atoms with E-state index in [-0.39, 0.29) is 12.0 Å². The van der Waals surface area contributed by atoms with Crippen LogP contribution in [0.1, 0.15) is 44.9 Å². The van der Waals surface area contributed by atoms with Crippen LogP contribution in [0.2, 0.25) is 0 Å². The summed E-state index contributed by atoms with van der Waals surface area (Å²) in [6, 6.07) is 0. The molecule has 110 valence electrons. The number of carbonyl (C=O) groups is 2. The summed E-state index contributed by atoms with van der Waals surface area (Å²) < 4.78 is 7.15. The molecule has 0 fully saturated rings. The predicted octanol–water partition coefficient (Wildman–Crippen LogP) is 1.94. The van der Waals surface area contributed by atoms with Crippen LogP contribution in [0.4, 0.5) is 4.79 Å². The lowest BCUT2D eigenvalue weighted by Crippen LogP contribution is -2.41. The molecule has 0 saturated carbocycles. The summed E-state index contributed by atoms with van der Waals surface area (Å²) in [5.74, 6) is -0.376. The molecule has 0 bridgehead atoms. The molecule has 0 spiro atoms. The highest BCUT2D eigenvalue weighted by atomic mass is 16.6. The van der Waals surface area contributed by atoms with Crippen molar-refractivity contribution in [3.05, 3.63) is 17.5 Å². The molecule has 6 nitrogen and oxygen atoms in total. The molecule has 1 aliphatic rings. The van der Waals surface area contributed by atoms with Gasteiger partial charge in [-0.05, 0) is 27.7 Å². The van der Waals surface area contributed by atoms with Gasteiger partial charge in [-0.1, -0.05) is 0 Å². The molecule has 1 atom stereocenters. The van der Waals surface area contributed by atoms with Crippen molar-refractivity contribution in [3.8, 4) is 0 Å². The number of ether oxygens (including phenoxy) is 1. The van der Waals surface area contributed by atoms with E-state index in [0.717, 1.165) is 24.1 Å². The third-order valence-corrected chi connectivity index (χ3v) is 3.14. The zero-order chi connectivity index (χ0) is 14.9. The van der Waals surface area contributed by atoms with Crippen molar-refractivity contribution in [2.45, 2.75) is 52.3 Å². The molecule has 0 aliphatic carbocycles. The lowest BCUT2D eigenvalue weighted by molar-refractivity contribution is -0.109. The van der Waals surface area contributed by atoms with Gasteiger partial charge in [-0.15, -0.1) is 0 Å². The molecule has 2 heterocycles. The maximum Gasteiger partial charge on any atom is 0.410 e. The van der Waals surface area contributed by atoms with Gasteiger partial charge in [-0.2, -0.15) is 5.10 Å². The van der Waals surface area contributed by atoms with Crippen molar-refractivity contribution in [2.24, 2.45) is 0 Å². The first kappa shape index (κ1) is 14.6. The van der Waals surface area contributed by atoms with Gasteiger partial charge >= 0.3 is 6.09 Å². The number of nitrogens with zero attached hydrogens (tertiary/aromatic N) is 3. The number of carbonyl (C=O) groups excluding carboxylic acids is 2. The highest BCUT2D eigenvalue weighted by Gasteiger charge is 2.32. The molecule has 6 heteroatoms. The highest BCUT2D eigenvalue weighted by molar-refractivity contribution is 5.71. The van der Waals surface area contributed by atoms with E-state index in [9.17, 15) is 9.59 Å². The second kappa shape index (κ2) is 5.26. The van der Waals surface area contributed by atoms with Crippen LogP contribution in [0.5, 0.6) is 0 Å². The number of aldehydes is 1. The minimum atomic E-state index is -0.540. The number of hydrogen-bond acceptors (Lipinski definition) is 4. The molecule has 1 aromatic rings. The Balaban J connectivity index is 2.20. The van der Waals surface area contributed by atoms with Gasteiger partial charge in [-0.25, -0.2) is 4.79 Å². The van der Waals surface area contributed by atoms with E-state index < -0.39 is 5.60 Å². The molecule has 0 radical (unpaired) electrons. The Labute approximate surface area is 118 Å². The number of rotatable bonds is 2. The first-order chi connectivity index (χ1) is 9.34. The quantitative estimate of drug-likeness (QED) is 0.776. The van der Waals surface area contributed by atoms with Gasteiger partial charge in [0.05, 0.1) is 18.2 Å². The molecule has 0 aromatic carbocycles. The molecule has 0 N–H and O–H groups in total. The van der Waals surface area contributed by atoms with Crippen LogP contribution in [0.3, 0.4) is 0 Å². The topological polar surface area (TPSA) is 64.4 Å². The first-order valence-corrected chi connectivity index (χ1v) is 6.83. The van der Waals surface area contributed by atoms with Crippen molar-refractivity contribution in [1.82, 2.24) is 14.7 Å². The predicted molar refractivity (Wildman–Crippen MR) is 73.4 cm³/mol. The number of hydrogen-bond donors (Lipinski definition) is 0. The molecule has 1 unspecified atom stereocenters. The molecule has 1 amide bonds. The summed E-state index contributed by atoms with van der Waals surface area (Å²) >= 11 is 0. The Morgan fingerprint density at radius 3 is 2.80 bits per heavy atom. The van der Waals surface area contributed by atoms with Gasteiger partial charge in [0.25, 0.3) is 0 Å². The number of aryl methyl sites for hydroxylation is 1. The Kier molecular flexibility index (Phi) is 3.83. The van der Waals surface area contributed by atoms with Crippen LogP contribution in [0.25, 0.3) is 0 Å². The smallest absolute Gasteiger partial charge is 0.410 e. The van der Waals surface area contributed by atoms with E-state index in [0.29, 0.717) is 13.1 Å². The van der Waals surface area contributed by atoms with E-state index in [2.05, 4.69) is 5.10 Å². The van der Waals surface area contributed by atoms with Crippen molar-refractivity contribution < 1.29 is 14.3 Å². The van der Waals surface area contributed by atoms with E-state index in [4.69, 9.17) is 4.74 Å². The van der Waals surface area contributed by atoms with Gasteiger partial charge in [0, 0.05) is 24.8 Å². The average Bonchev–Trinajstić information content (AvgIpc) is 2.78. The Morgan fingerprint density at radius 2 is 2.25 bits per heavy atom. The lowest BCUT2D eigenvalue weighted by Gasteiger charge is -2.31. The normalized spacial score (nSPS) is 18.6. The van der Waals surface area contributed by atoms with Crippen LogP contribution in [-0.2, 0) is 22.6 Å². The maximum atomic E-state index is 12.1. The zero-order valence-electron chi connectivity index (χ0n) is 12.4. The average molecular weight is 279 g/mol. The Morgan fingerprint density at radius 1 is 1.55 bits per heavy atom. The van der Waals surface area contributed by atoms with Gasteiger partial charge < -0.3 is 14.4 Å². The second-order valence-electron chi connectivity index (χ2n) is 6.00. The maximum absolute atomic E-state index is 12.1. The van der Waals surface area contributed by atoms with Crippen LogP contribution >= 0.6 is 0 Å². The molecule has 1 aromatic heterocycles. The Bertz CT molecular complexity index is 516. The SMILES string of the molecule is CCn1cc2c(n1)C(C=O)CN(C(=O)OC(C)(C)C)C2. The van der Waals surface area contributed by atoms with E-state index in [1.54, 1.807) is 9.58 Å². The highest BCUT2D eigenvalue weighted by Crippen LogP contribution is 2.27. The van der Waals surface area contributed by atoms with Crippen LogP contribution < -0.4 is 0 Å². The standard InChI is InChI=1S/C14H21N3O3/c1-5-17-8-10-6-16(13(19)20-14(2,3)4)7-11(9-18)12(10)15-17/h8-9,11H,5-7H2,1-4H3. The largest absolute Gasteiger partial charge is 0.444 e. The summed E-state index contributed by atoms with van der Waals surface area (Å²) in [5.41, 5.74) is 1.16. The van der Waals surface area contributed by atoms with Gasteiger partial charge in [0.15, 0.2) is 0 Å². The molecular formula is C14H21N3O3. The second-order valence-corrected chi connectivity index (χ2v) is 6.00. The fourth-order valence-electron chi connectivity index (χ4n) is 2.24. The number of fused-ring (bicyclic) bond motifs is 1. The zero-order valence-corrected chi connectivity index (χ0v) is 12.4. The van der Waals surface area contributed by atoms with E-state index in [1.165, 1.54) is 0 Å². The molecule has 0 saturated heterocycles.